The molecule has 5 heteroatoms. The van der Waals surface area contributed by atoms with Gasteiger partial charge in [-0.05, 0) is 12.8 Å². The van der Waals surface area contributed by atoms with Crippen molar-refractivity contribution in [3.8, 4) is 0 Å². The number of halogens is 3. The first-order valence-corrected chi connectivity index (χ1v) is 4.88. The maximum Gasteiger partial charge on any atom is 0.391 e. The van der Waals surface area contributed by atoms with E-state index in [0.29, 0.717) is 6.54 Å². The highest BCUT2D eigenvalue weighted by Crippen LogP contribution is 2.33. The average Bonchev–Trinajstić information content (AvgIpc) is 2.52. The third-order valence-electron chi connectivity index (χ3n) is 2.68. The Labute approximate surface area is 81.6 Å². The van der Waals surface area contributed by atoms with Crippen LogP contribution in [0.2, 0.25) is 0 Å². The first kappa shape index (κ1) is 11.8. The molecule has 14 heavy (non-hydrogen) atoms. The Morgan fingerprint density at radius 2 is 1.79 bits per heavy atom. The number of nitrogens with two attached hydrogens (primary N) is 1. The van der Waals surface area contributed by atoms with E-state index in [2.05, 4.69) is 0 Å². The van der Waals surface area contributed by atoms with Gasteiger partial charge in [-0.3, -0.25) is 0 Å². The van der Waals surface area contributed by atoms with Crippen molar-refractivity contribution in [1.29, 1.82) is 0 Å². The second kappa shape index (κ2) is 4.49. The second-order valence-electron chi connectivity index (χ2n) is 3.81. The van der Waals surface area contributed by atoms with Crippen molar-refractivity contribution in [2.75, 3.05) is 13.2 Å². The van der Waals surface area contributed by atoms with Crippen molar-refractivity contribution < 1.29 is 17.9 Å². The zero-order chi connectivity index (χ0) is 10.7. The summed E-state index contributed by atoms with van der Waals surface area (Å²) in [5.74, 6) is 0. The lowest BCUT2D eigenvalue weighted by molar-refractivity contribution is -0.157. The summed E-state index contributed by atoms with van der Waals surface area (Å²) in [7, 11) is 0. The minimum absolute atomic E-state index is 0.263. The van der Waals surface area contributed by atoms with Gasteiger partial charge in [0.25, 0.3) is 0 Å². The molecule has 1 rings (SSSR count). The van der Waals surface area contributed by atoms with Gasteiger partial charge in [-0.25, -0.2) is 0 Å². The Kier molecular flexibility index (Phi) is 3.78. The van der Waals surface area contributed by atoms with Crippen LogP contribution in [-0.2, 0) is 4.74 Å². The van der Waals surface area contributed by atoms with Gasteiger partial charge < -0.3 is 10.5 Å². The molecule has 0 bridgehead atoms. The molecule has 0 atom stereocenters. The van der Waals surface area contributed by atoms with Crippen molar-refractivity contribution in [1.82, 2.24) is 0 Å². The molecule has 0 heterocycles. The zero-order valence-electron chi connectivity index (χ0n) is 8.07. The lowest BCUT2D eigenvalue weighted by Crippen LogP contribution is -2.38. The van der Waals surface area contributed by atoms with Crippen LogP contribution >= 0.6 is 0 Å². The number of ether oxygens (including phenoxy) is 1. The van der Waals surface area contributed by atoms with Crippen LogP contribution in [0.1, 0.15) is 32.1 Å². The van der Waals surface area contributed by atoms with E-state index in [1.54, 1.807) is 0 Å². The molecule has 0 radical (unpaired) electrons. The summed E-state index contributed by atoms with van der Waals surface area (Å²) in [5, 5.41) is 0. The Bertz CT molecular complexity index is 175. The molecular weight excluding hydrogens is 195 g/mol. The predicted octanol–water partition coefficient (Wildman–Crippen LogP) is 2.23. The topological polar surface area (TPSA) is 35.2 Å². The Morgan fingerprint density at radius 3 is 2.21 bits per heavy atom. The summed E-state index contributed by atoms with van der Waals surface area (Å²) >= 11 is 0. The zero-order valence-corrected chi connectivity index (χ0v) is 8.07. The van der Waals surface area contributed by atoms with Gasteiger partial charge in [0, 0.05) is 6.54 Å². The van der Waals surface area contributed by atoms with Gasteiger partial charge in [0.2, 0.25) is 0 Å². The highest BCUT2D eigenvalue weighted by molar-refractivity contribution is 4.87. The molecule has 0 unspecified atom stereocenters. The summed E-state index contributed by atoms with van der Waals surface area (Å²) in [5.41, 5.74) is 5.05. The minimum atomic E-state index is -4.13. The van der Waals surface area contributed by atoms with Gasteiger partial charge >= 0.3 is 6.18 Å². The Balaban J connectivity index is 2.28. The summed E-state index contributed by atoms with van der Waals surface area (Å²) in [6, 6.07) is 0. The van der Waals surface area contributed by atoms with Crippen LogP contribution in [-0.4, -0.2) is 24.9 Å². The largest absolute Gasteiger partial charge is 0.391 e. The quantitative estimate of drug-likeness (QED) is 0.773. The second-order valence-corrected chi connectivity index (χ2v) is 3.81. The van der Waals surface area contributed by atoms with Gasteiger partial charge in [0.05, 0.1) is 18.6 Å². The van der Waals surface area contributed by atoms with E-state index < -0.39 is 18.2 Å². The number of rotatable bonds is 4. The fourth-order valence-corrected chi connectivity index (χ4v) is 1.81. The Hall–Kier alpha value is -0.290. The lowest BCUT2D eigenvalue weighted by Gasteiger charge is -2.27. The molecule has 0 aliphatic heterocycles. The fraction of sp³-hybridized carbons (Fsp3) is 1.00. The predicted molar refractivity (Wildman–Crippen MR) is 46.9 cm³/mol. The molecule has 2 nitrogen and oxygen atoms in total. The lowest BCUT2D eigenvalue weighted by atomic mass is 10.0. The van der Waals surface area contributed by atoms with E-state index in [9.17, 15) is 13.2 Å². The van der Waals surface area contributed by atoms with Gasteiger partial charge in [0.1, 0.15) is 0 Å². The maximum atomic E-state index is 11.8. The normalized spacial score (nSPS) is 21.4. The first-order valence-electron chi connectivity index (χ1n) is 4.88. The number of alkyl halides is 3. The van der Waals surface area contributed by atoms with Gasteiger partial charge in [0.15, 0.2) is 0 Å². The molecule has 84 valence electrons. The van der Waals surface area contributed by atoms with Crippen molar-refractivity contribution in [2.45, 2.75) is 43.9 Å². The molecule has 1 saturated carbocycles. The van der Waals surface area contributed by atoms with Crippen molar-refractivity contribution in [3.63, 3.8) is 0 Å². The summed E-state index contributed by atoms with van der Waals surface area (Å²) in [6.07, 6.45) is -1.42. The smallest absolute Gasteiger partial charge is 0.373 e. The number of hydrogen-bond donors (Lipinski definition) is 1. The van der Waals surface area contributed by atoms with Crippen molar-refractivity contribution in [2.24, 2.45) is 5.73 Å². The van der Waals surface area contributed by atoms with E-state index in [4.69, 9.17) is 10.5 Å². The summed E-state index contributed by atoms with van der Waals surface area (Å²) < 4.78 is 40.8. The van der Waals surface area contributed by atoms with E-state index in [1.165, 1.54) is 0 Å². The van der Waals surface area contributed by atoms with Gasteiger partial charge in [-0.15, -0.1) is 0 Å². The van der Waals surface area contributed by atoms with Crippen molar-refractivity contribution in [3.05, 3.63) is 0 Å². The molecule has 1 aliphatic rings. The van der Waals surface area contributed by atoms with Crippen LogP contribution in [0.15, 0.2) is 0 Å². The molecule has 2 N–H and O–H groups in total. The Morgan fingerprint density at radius 1 is 1.21 bits per heavy atom. The first-order chi connectivity index (χ1) is 6.47. The van der Waals surface area contributed by atoms with Gasteiger partial charge in [-0.1, -0.05) is 12.8 Å². The molecule has 0 aromatic carbocycles. The number of hydrogen-bond acceptors (Lipinski definition) is 2. The van der Waals surface area contributed by atoms with E-state index in [1.807, 2.05) is 0 Å². The maximum absolute atomic E-state index is 11.8. The van der Waals surface area contributed by atoms with Crippen LogP contribution in [0.25, 0.3) is 0 Å². The fourth-order valence-electron chi connectivity index (χ4n) is 1.81. The standard InChI is InChI=1S/C9H16F3NO/c10-9(11,12)5-6-14-8(7-13)3-1-2-4-8/h1-7,13H2. The molecule has 0 aromatic heterocycles. The molecule has 1 aliphatic carbocycles. The van der Waals surface area contributed by atoms with E-state index >= 15 is 0 Å². The van der Waals surface area contributed by atoms with Crippen LogP contribution in [0.3, 0.4) is 0 Å². The molecule has 1 fully saturated rings. The highest BCUT2D eigenvalue weighted by Gasteiger charge is 2.35. The van der Waals surface area contributed by atoms with E-state index in [-0.39, 0.29) is 6.61 Å². The van der Waals surface area contributed by atoms with Crippen LogP contribution in [0.4, 0.5) is 13.2 Å². The SMILES string of the molecule is NCC1(OCCC(F)(F)F)CCCC1. The molecular formula is C9H16F3NO. The van der Waals surface area contributed by atoms with Gasteiger partial charge in [-0.2, -0.15) is 13.2 Å². The van der Waals surface area contributed by atoms with Crippen LogP contribution in [0.5, 0.6) is 0 Å². The van der Waals surface area contributed by atoms with E-state index in [0.717, 1.165) is 25.7 Å². The average molecular weight is 211 g/mol. The van der Waals surface area contributed by atoms with Crippen LogP contribution in [0, 0.1) is 0 Å². The molecule has 0 saturated heterocycles. The minimum Gasteiger partial charge on any atom is -0.373 e. The molecule has 0 amide bonds. The third kappa shape index (κ3) is 3.46. The third-order valence-corrected chi connectivity index (χ3v) is 2.68. The highest BCUT2D eigenvalue weighted by atomic mass is 19.4. The molecule has 0 spiro atoms. The monoisotopic (exact) mass is 211 g/mol. The summed E-state index contributed by atoms with van der Waals surface area (Å²) in [4.78, 5) is 0. The van der Waals surface area contributed by atoms with Crippen molar-refractivity contribution >= 4 is 0 Å². The summed E-state index contributed by atoms with van der Waals surface area (Å²) in [6.45, 7) is 0.0611. The van der Waals surface area contributed by atoms with Crippen LogP contribution < -0.4 is 5.73 Å². The molecule has 0 aromatic rings.